The van der Waals surface area contributed by atoms with E-state index in [0.717, 1.165) is 11.1 Å². The van der Waals surface area contributed by atoms with Gasteiger partial charge >= 0.3 is 12.0 Å². The minimum Gasteiger partial charge on any atom is -0.493 e. The van der Waals surface area contributed by atoms with Crippen LogP contribution in [0.5, 0.6) is 11.5 Å². The number of pyridine rings is 1. The van der Waals surface area contributed by atoms with E-state index in [4.69, 9.17) is 14.6 Å². The molecule has 3 rings (SSSR count). The van der Waals surface area contributed by atoms with Crippen molar-refractivity contribution in [2.24, 2.45) is 5.92 Å². The van der Waals surface area contributed by atoms with Crippen LogP contribution in [0, 0.1) is 5.92 Å². The molecule has 1 aromatic carbocycles. The van der Waals surface area contributed by atoms with Gasteiger partial charge in [0.25, 0.3) is 0 Å². The van der Waals surface area contributed by atoms with Crippen molar-refractivity contribution < 1.29 is 24.2 Å². The van der Waals surface area contributed by atoms with Crippen LogP contribution in [0.3, 0.4) is 0 Å². The SMILES string of the molecule is COc1cc(C(C)NC(=O)N2CCC(C(=O)O)C2)ccc1OCc1ccncc1. The summed E-state index contributed by atoms with van der Waals surface area (Å²) in [5.41, 5.74) is 1.86. The van der Waals surface area contributed by atoms with Gasteiger partial charge in [-0.05, 0) is 48.7 Å². The summed E-state index contributed by atoms with van der Waals surface area (Å²) in [5.74, 6) is -0.173. The fourth-order valence-corrected chi connectivity index (χ4v) is 3.22. The summed E-state index contributed by atoms with van der Waals surface area (Å²) < 4.78 is 11.3. The fraction of sp³-hybridized carbons (Fsp3) is 0.381. The van der Waals surface area contributed by atoms with Gasteiger partial charge in [-0.15, -0.1) is 0 Å². The number of rotatable bonds is 7. The minimum absolute atomic E-state index is 0.235. The standard InChI is InChI=1S/C21H25N3O5/c1-14(23-21(27)24-10-7-17(12-24)20(25)26)16-3-4-18(19(11-16)28-2)29-13-15-5-8-22-9-6-15/h3-6,8-9,11,14,17H,7,10,12-13H2,1-2H3,(H,23,27)(H,25,26). The molecule has 2 aromatic rings. The quantitative estimate of drug-likeness (QED) is 0.742. The summed E-state index contributed by atoms with van der Waals surface area (Å²) in [4.78, 5) is 29.0. The first kappa shape index (κ1) is 20.4. The molecule has 0 aliphatic carbocycles. The van der Waals surface area contributed by atoms with E-state index in [9.17, 15) is 9.59 Å². The number of carboxylic acids is 1. The van der Waals surface area contributed by atoms with E-state index in [2.05, 4.69) is 10.3 Å². The number of urea groups is 1. The van der Waals surface area contributed by atoms with Gasteiger partial charge in [-0.25, -0.2) is 4.79 Å². The van der Waals surface area contributed by atoms with Crippen LogP contribution >= 0.6 is 0 Å². The molecule has 0 radical (unpaired) electrons. The van der Waals surface area contributed by atoms with Crippen molar-refractivity contribution in [2.75, 3.05) is 20.2 Å². The molecule has 1 aromatic heterocycles. The molecule has 154 valence electrons. The number of aliphatic carboxylic acids is 1. The zero-order valence-electron chi connectivity index (χ0n) is 16.5. The van der Waals surface area contributed by atoms with Gasteiger partial charge in [-0.2, -0.15) is 0 Å². The molecule has 0 spiro atoms. The Hall–Kier alpha value is -3.29. The molecule has 2 atom stereocenters. The number of hydrogen-bond acceptors (Lipinski definition) is 5. The number of hydrogen-bond donors (Lipinski definition) is 2. The van der Waals surface area contributed by atoms with Gasteiger partial charge in [-0.1, -0.05) is 6.07 Å². The van der Waals surface area contributed by atoms with Crippen molar-refractivity contribution in [3.8, 4) is 11.5 Å². The first-order chi connectivity index (χ1) is 14.0. The van der Waals surface area contributed by atoms with Crippen LogP contribution in [0.2, 0.25) is 0 Å². The average Bonchev–Trinajstić information content (AvgIpc) is 3.23. The van der Waals surface area contributed by atoms with Crippen molar-refractivity contribution >= 4 is 12.0 Å². The summed E-state index contributed by atoms with van der Waals surface area (Å²) in [6.45, 7) is 2.94. The summed E-state index contributed by atoms with van der Waals surface area (Å²) in [7, 11) is 1.57. The number of likely N-dealkylation sites (tertiary alicyclic amines) is 1. The van der Waals surface area contributed by atoms with Gasteiger partial charge in [0.2, 0.25) is 0 Å². The Balaban J connectivity index is 1.61. The topological polar surface area (TPSA) is 101 Å². The van der Waals surface area contributed by atoms with Gasteiger partial charge in [0.05, 0.1) is 19.1 Å². The molecule has 2 unspecified atom stereocenters. The van der Waals surface area contributed by atoms with Crippen LogP contribution in [0.1, 0.15) is 30.5 Å². The van der Waals surface area contributed by atoms with Crippen molar-refractivity contribution in [1.29, 1.82) is 0 Å². The third-order valence-corrected chi connectivity index (χ3v) is 5.00. The molecule has 8 heteroatoms. The second-order valence-corrected chi connectivity index (χ2v) is 7.00. The minimum atomic E-state index is -0.861. The number of amides is 2. The number of carboxylic acid groups (broad SMARTS) is 1. The molecule has 1 aliphatic heterocycles. The highest BCUT2D eigenvalue weighted by Crippen LogP contribution is 2.31. The van der Waals surface area contributed by atoms with Crippen molar-refractivity contribution in [3.63, 3.8) is 0 Å². The van der Waals surface area contributed by atoms with Gasteiger partial charge < -0.3 is 24.8 Å². The predicted molar refractivity (Wildman–Crippen MR) is 106 cm³/mol. The Kier molecular flexibility index (Phi) is 6.54. The largest absolute Gasteiger partial charge is 0.493 e. The molecule has 1 saturated heterocycles. The highest BCUT2D eigenvalue weighted by atomic mass is 16.5. The van der Waals surface area contributed by atoms with E-state index >= 15 is 0 Å². The lowest BCUT2D eigenvalue weighted by Crippen LogP contribution is -2.40. The van der Waals surface area contributed by atoms with Gasteiger partial charge in [0.1, 0.15) is 6.61 Å². The van der Waals surface area contributed by atoms with Crippen molar-refractivity contribution in [1.82, 2.24) is 15.2 Å². The highest BCUT2D eigenvalue weighted by molar-refractivity contribution is 5.77. The van der Waals surface area contributed by atoms with E-state index < -0.39 is 11.9 Å². The number of aromatic nitrogens is 1. The monoisotopic (exact) mass is 399 g/mol. The maximum atomic E-state index is 12.4. The molecule has 29 heavy (non-hydrogen) atoms. The molecule has 0 bridgehead atoms. The number of carbonyl (C=O) groups excluding carboxylic acids is 1. The van der Waals surface area contributed by atoms with Gasteiger partial charge in [0, 0.05) is 25.5 Å². The van der Waals surface area contributed by atoms with Crippen LogP contribution in [-0.2, 0) is 11.4 Å². The summed E-state index contributed by atoms with van der Waals surface area (Å²) in [6.07, 6.45) is 3.90. The summed E-state index contributed by atoms with van der Waals surface area (Å²) >= 11 is 0. The Labute approximate surface area is 169 Å². The van der Waals surface area contributed by atoms with E-state index in [1.165, 1.54) is 0 Å². The van der Waals surface area contributed by atoms with Crippen molar-refractivity contribution in [2.45, 2.75) is 26.0 Å². The number of benzene rings is 1. The second kappa shape index (κ2) is 9.27. The van der Waals surface area contributed by atoms with Crippen LogP contribution in [0.15, 0.2) is 42.7 Å². The van der Waals surface area contributed by atoms with Crippen molar-refractivity contribution in [3.05, 3.63) is 53.9 Å². The molecule has 2 amide bonds. The lowest BCUT2D eigenvalue weighted by Gasteiger charge is -2.22. The molecule has 1 fully saturated rings. The molecule has 0 saturated carbocycles. The van der Waals surface area contributed by atoms with E-state index in [1.54, 1.807) is 24.4 Å². The molecular weight excluding hydrogens is 374 g/mol. The first-order valence-electron chi connectivity index (χ1n) is 9.45. The lowest BCUT2D eigenvalue weighted by molar-refractivity contribution is -0.141. The number of carbonyl (C=O) groups is 2. The second-order valence-electron chi connectivity index (χ2n) is 7.00. The molecule has 2 N–H and O–H groups in total. The highest BCUT2D eigenvalue weighted by Gasteiger charge is 2.31. The third-order valence-electron chi connectivity index (χ3n) is 5.00. The van der Waals surface area contributed by atoms with Gasteiger partial charge in [0.15, 0.2) is 11.5 Å². The molecule has 2 heterocycles. The maximum Gasteiger partial charge on any atom is 0.317 e. The fourth-order valence-electron chi connectivity index (χ4n) is 3.22. The summed E-state index contributed by atoms with van der Waals surface area (Å²) in [6, 6.07) is 8.75. The third kappa shape index (κ3) is 5.16. The number of methoxy groups -OCH3 is 1. The van der Waals surface area contributed by atoms with Crippen LogP contribution in [0.25, 0.3) is 0 Å². The molecular formula is C21H25N3O5. The zero-order valence-corrected chi connectivity index (χ0v) is 16.5. The van der Waals surface area contributed by atoms with Crippen LogP contribution in [0.4, 0.5) is 4.79 Å². The number of nitrogens with zero attached hydrogens (tertiary/aromatic N) is 2. The normalized spacial score (nSPS) is 16.9. The van der Waals surface area contributed by atoms with E-state index in [1.807, 2.05) is 37.3 Å². The Morgan fingerprint density at radius 2 is 2.03 bits per heavy atom. The number of nitrogens with one attached hydrogen (secondary N) is 1. The summed E-state index contributed by atoms with van der Waals surface area (Å²) in [5, 5.41) is 12.0. The Bertz CT molecular complexity index is 859. The van der Waals surface area contributed by atoms with Crippen LogP contribution < -0.4 is 14.8 Å². The predicted octanol–water partition coefficient (Wildman–Crippen LogP) is 2.85. The first-order valence-corrected chi connectivity index (χ1v) is 9.45. The average molecular weight is 399 g/mol. The molecule has 1 aliphatic rings. The maximum absolute atomic E-state index is 12.4. The smallest absolute Gasteiger partial charge is 0.317 e. The van der Waals surface area contributed by atoms with E-state index in [-0.39, 0.29) is 18.6 Å². The van der Waals surface area contributed by atoms with Crippen LogP contribution in [-0.4, -0.2) is 47.2 Å². The zero-order chi connectivity index (χ0) is 20.8. The van der Waals surface area contributed by atoms with Gasteiger partial charge in [-0.3, -0.25) is 9.78 Å². The Morgan fingerprint density at radius 1 is 1.28 bits per heavy atom. The Morgan fingerprint density at radius 3 is 2.69 bits per heavy atom. The lowest BCUT2D eigenvalue weighted by atomic mass is 10.1. The molecule has 8 nitrogen and oxygen atoms in total. The number of ether oxygens (including phenoxy) is 2. The van der Waals surface area contributed by atoms with E-state index in [0.29, 0.717) is 31.1 Å².